The van der Waals surface area contributed by atoms with Gasteiger partial charge in [-0.05, 0) is 72.9 Å². The van der Waals surface area contributed by atoms with Crippen LogP contribution < -0.4 is 15.6 Å². The monoisotopic (exact) mass is 615 g/mol. The number of nitrogens with one attached hydrogen (secondary N) is 1. The molecule has 0 aliphatic rings. The topological polar surface area (TPSA) is 128 Å². The summed E-state index contributed by atoms with van der Waals surface area (Å²) >= 11 is 6.26. The van der Waals surface area contributed by atoms with E-state index in [9.17, 15) is 24.3 Å². The van der Waals surface area contributed by atoms with Crippen molar-refractivity contribution in [2.24, 2.45) is 5.41 Å². The molecule has 0 saturated heterocycles. The molecule has 4 aromatic rings. The molecular formula is C34H34ClN3O6. The van der Waals surface area contributed by atoms with Gasteiger partial charge in [-0.3, -0.25) is 14.4 Å². The van der Waals surface area contributed by atoms with Crippen LogP contribution in [0.2, 0.25) is 5.02 Å². The number of carboxylic acids is 1. The molecule has 1 heterocycles. The summed E-state index contributed by atoms with van der Waals surface area (Å²) in [7, 11) is 1.39. The predicted molar refractivity (Wildman–Crippen MR) is 170 cm³/mol. The summed E-state index contributed by atoms with van der Waals surface area (Å²) in [6, 6.07) is 18.3. The van der Waals surface area contributed by atoms with Crippen LogP contribution in [-0.4, -0.2) is 39.7 Å². The third kappa shape index (κ3) is 6.89. The van der Waals surface area contributed by atoms with E-state index in [0.29, 0.717) is 21.8 Å². The fourth-order valence-corrected chi connectivity index (χ4v) is 5.46. The quantitative estimate of drug-likeness (QED) is 0.198. The van der Waals surface area contributed by atoms with E-state index in [1.165, 1.54) is 44.4 Å². The second kappa shape index (κ2) is 12.9. The van der Waals surface area contributed by atoms with Gasteiger partial charge in [0.25, 0.3) is 5.56 Å². The lowest BCUT2D eigenvalue weighted by atomic mass is 9.71. The third-order valence-corrected chi connectivity index (χ3v) is 7.62. The summed E-state index contributed by atoms with van der Waals surface area (Å²) in [5.74, 6) is -2.40. The van der Waals surface area contributed by atoms with Crippen molar-refractivity contribution in [3.63, 3.8) is 0 Å². The van der Waals surface area contributed by atoms with E-state index in [1.807, 2.05) is 52.0 Å². The SMILES string of the molecule is COc1nn(C(C(=O)Nc2ccc(C(=O)O)cc2)C(c2ccc(C)cc2)C(C)(C)C)c(=O)cc1-c1cc(Cl)ccc1C(C)=O. The van der Waals surface area contributed by atoms with Gasteiger partial charge in [-0.25, -0.2) is 9.48 Å². The molecule has 0 radical (unpaired) electrons. The van der Waals surface area contributed by atoms with E-state index < -0.39 is 34.8 Å². The second-order valence-corrected chi connectivity index (χ2v) is 12.1. The molecule has 1 aromatic heterocycles. The van der Waals surface area contributed by atoms with Crippen LogP contribution >= 0.6 is 11.6 Å². The number of anilines is 1. The van der Waals surface area contributed by atoms with Crippen LogP contribution in [-0.2, 0) is 4.79 Å². The minimum Gasteiger partial charge on any atom is -0.480 e. The number of aromatic carboxylic acids is 1. The number of carboxylic acid groups (broad SMARTS) is 1. The van der Waals surface area contributed by atoms with Crippen LogP contribution in [0.4, 0.5) is 5.69 Å². The van der Waals surface area contributed by atoms with Gasteiger partial charge in [-0.15, -0.1) is 5.10 Å². The number of methoxy groups -OCH3 is 1. The van der Waals surface area contributed by atoms with Gasteiger partial charge in [0.1, 0.15) is 6.04 Å². The molecule has 4 rings (SSSR count). The Balaban J connectivity index is 1.94. The first-order valence-electron chi connectivity index (χ1n) is 13.9. The number of rotatable bonds is 9. The Labute approximate surface area is 260 Å². The molecule has 228 valence electrons. The molecule has 9 nitrogen and oxygen atoms in total. The van der Waals surface area contributed by atoms with Crippen molar-refractivity contribution in [3.8, 4) is 17.0 Å². The zero-order valence-corrected chi connectivity index (χ0v) is 26.1. The molecule has 0 aliphatic carbocycles. The Hall–Kier alpha value is -4.76. The number of carbonyl (C=O) groups excluding carboxylic acids is 2. The molecule has 0 aliphatic heterocycles. The summed E-state index contributed by atoms with van der Waals surface area (Å²) in [6.07, 6.45) is 0. The maximum absolute atomic E-state index is 14.2. The molecule has 44 heavy (non-hydrogen) atoms. The first-order valence-corrected chi connectivity index (χ1v) is 14.3. The number of halogens is 1. The highest BCUT2D eigenvalue weighted by Gasteiger charge is 2.41. The number of aromatic nitrogens is 2. The largest absolute Gasteiger partial charge is 0.480 e. The molecule has 2 N–H and O–H groups in total. The number of carbonyl (C=O) groups is 3. The maximum atomic E-state index is 14.2. The Bertz CT molecular complexity index is 1770. The van der Waals surface area contributed by atoms with Crippen LogP contribution in [0.3, 0.4) is 0 Å². The molecule has 0 spiro atoms. The summed E-state index contributed by atoms with van der Waals surface area (Å²) < 4.78 is 6.74. The maximum Gasteiger partial charge on any atom is 0.335 e. The van der Waals surface area contributed by atoms with Crippen LogP contribution in [0.5, 0.6) is 5.88 Å². The lowest BCUT2D eigenvalue weighted by Crippen LogP contribution is -2.42. The Kier molecular flexibility index (Phi) is 9.39. The minimum atomic E-state index is -1.17. The molecule has 10 heteroatoms. The zero-order chi connectivity index (χ0) is 32.3. The number of hydrogen-bond acceptors (Lipinski definition) is 6. The lowest BCUT2D eigenvalue weighted by Gasteiger charge is -2.37. The van der Waals surface area contributed by atoms with Gasteiger partial charge in [-0.2, -0.15) is 0 Å². The third-order valence-electron chi connectivity index (χ3n) is 7.38. The van der Waals surface area contributed by atoms with E-state index in [4.69, 9.17) is 16.3 Å². The van der Waals surface area contributed by atoms with Crippen LogP contribution in [0, 0.1) is 12.3 Å². The first-order chi connectivity index (χ1) is 20.7. The molecule has 0 fully saturated rings. The predicted octanol–water partition coefficient (Wildman–Crippen LogP) is 6.79. The molecule has 1 amide bonds. The smallest absolute Gasteiger partial charge is 0.335 e. The highest BCUT2D eigenvalue weighted by molar-refractivity contribution is 6.31. The van der Waals surface area contributed by atoms with Gasteiger partial charge in [0, 0.05) is 28.3 Å². The van der Waals surface area contributed by atoms with Crippen molar-refractivity contribution in [2.75, 3.05) is 12.4 Å². The number of benzene rings is 3. The van der Waals surface area contributed by atoms with Gasteiger partial charge in [0.05, 0.1) is 18.2 Å². The highest BCUT2D eigenvalue weighted by atomic mass is 35.5. The lowest BCUT2D eigenvalue weighted by molar-refractivity contribution is -0.121. The van der Waals surface area contributed by atoms with Gasteiger partial charge < -0.3 is 15.2 Å². The van der Waals surface area contributed by atoms with Crippen molar-refractivity contribution >= 4 is 34.9 Å². The van der Waals surface area contributed by atoms with Crippen molar-refractivity contribution in [1.29, 1.82) is 0 Å². The molecule has 2 unspecified atom stereocenters. The van der Waals surface area contributed by atoms with Crippen LogP contribution in [0.25, 0.3) is 11.1 Å². The summed E-state index contributed by atoms with van der Waals surface area (Å²) in [5, 5.41) is 17.0. The number of Topliss-reactive ketones (excluding diaryl/α,β-unsaturated/α-hetero) is 1. The van der Waals surface area contributed by atoms with Crippen LogP contribution in [0.15, 0.2) is 77.6 Å². The summed E-state index contributed by atoms with van der Waals surface area (Å²) in [4.78, 5) is 52.0. The van der Waals surface area contributed by atoms with Crippen molar-refractivity contribution in [1.82, 2.24) is 9.78 Å². The van der Waals surface area contributed by atoms with Crippen molar-refractivity contribution < 1.29 is 24.2 Å². The number of hydrogen-bond donors (Lipinski definition) is 2. The van der Waals surface area contributed by atoms with Crippen molar-refractivity contribution in [3.05, 3.63) is 110 Å². The fraction of sp³-hybridized carbons (Fsp3) is 0.265. The summed E-state index contributed by atoms with van der Waals surface area (Å²) in [5.41, 5.74) is 2.08. The molecular weight excluding hydrogens is 582 g/mol. The van der Waals surface area contributed by atoms with Gasteiger partial charge in [0.2, 0.25) is 11.8 Å². The minimum absolute atomic E-state index is 0.0227. The van der Waals surface area contributed by atoms with Gasteiger partial charge >= 0.3 is 5.97 Å². The highest BCUT2D eigenvalue weighted by Crippen LogP contribution is 2.44. The molecule has 3 aromatic carbocycles. The van der Waals surface area contributed by atoms with E-state index >= 15 is 0 Å². The Morgan fingerprint density at radius 2 is 1.59 bits per heavy atom. The normalized spacial score (nSPS) is 12.7. The number of aryl methyl sites for hydroxylation is 1. The standard InChI is InChI=1S/C34H34ClN3O6/c1-19-7-9-21(10-8-19)29(34(3,4)5)30(31(41)36-24-14-11-22(12-15-24)33(42)43)38-28(40)18-27(32(37-38)44-6)26-17-23(35)13-16-25(26)20(2)39/h7-18,29-30H,1-6H3,(H,36,41)(H,42,43). The van der Waals surface area contributed by atoms with E-state index in [2.05, 4.69) is 10.4 Å². The van der Waals surface area contributed by atoms with Gasteiger partial charge in [-0.1, -0.05) is 62.2 Å². The number of nitrogens with zero attached hydrogens (tertiary/aromatic N) is 2. The molecule has 2 atom stereocenters. The Morgan fingerprint density at radius 1 is 0.955 bits per heavy atom. The molecule has 0 saturated carbocycles. The molecule has 0 bridgehead atoms. The van der Waals surface area contributed by atoms with Crippen LogP contribution in [0.1, 0.15) is 71.5 Å². The van der Waals surface area contributed by atoms with E-state index in [0.717, 1.165) is 15.8 Å². The Morgan fingerprint density at radius 3 is 2.14 bits per heavy atom. The average Bonchev–Trinajstić information content (AvgIpc) is 2.96. The van der Waals surface area contributed by atoms with E-state index in [1.54, 1.807) is 18.2 Å². The zero-order valence-electron chi connectivity index (χ0n) is 25.3. The first kappa shape index (κ1) is 32.2. The average molecular weight is 616 g/mol. The van der Waals surface area contributed by atoms with Gasteiger partial charge in [0.15, 0.2) is 5.78 Å². The van der Waals surface area contributed by atoms with E-state index in [-0.39, 0.29) is 22.8 Å². The van der Waals surface area contributed by atoms with Crippen molar-refractivity contribution in [2.45, 2.75) is 46.6 Å². The number of amides is 1. The number of ketones is 1. The second-order valence-electron chi connectivity index (χ2n) is 11.7. The number of ether oxygens (including phenoxy) is 1. The summed E-state index contributed by atoms with van der Waals surface area (Å²) in [6.45, 7) is 9.29. The fourth-order valence-electron chi connectivity index (χ4n) is 5.29.